The van der Waals surface area contributed by atoms with Crippen LogP contribution in [-0.2, 0) is 4.74 Å². The fourth-order valence-corrected chi connectivity index (χ4v) is 2.73. The minimum Gasteiger partial charge on any atom is -0.450 e. The van der Waals surface area contributed by atoms with E-state index in [0.717, 1.165) is 43.3 Å². The molecule has 5 heteroatoms. The second kappa shape index (κ2) is 8.05. The zero-order chi connectivity index (χ0) is 15.1. The van der Waals surface area contributed by atoms with Gasteiger partial charge in [-0.15, -0.1) is 0 Å². The van der Waals surface area contributed by atoms with Crippen molar-refractivity contribution < 1.29 is 14.4 Å². The van der Waals surface area contributed by atoms with Crippen LogP contribution in [0.5, 0.6) is 0 Å². The second-order valence-electron chi connectivity index (χ2n) is 5.11. The number of benzene rings is 1. The van der Waals surface area contributed by atoms with Gasteiger partial charge < -0.3 is 9.64 Å². The van der Waals surface area contributed by atoms with Gasteiger partial charge >= 0.3 is 6.09 Å². The number of hydrogen-bond donors (Lipinski definition) is 1. The van der Waals surface area contributed by atoms with E-state index in [9.17, 15) is 4.79 Å². The van der Waals surface area contributed by atoms with Crippen LogP contribution in [-0.4, -0.2) is 50.3 Å². The van der Waals surface area contributed by atoms with Crippen molar-refractivity contribution >= 4 is 23.8 Å². The standard InChI is InChI=1S/C16H21ClN2O2/c1-2-21-16(20)19-10-8-18(9-11-19)13-15(17)12-14-6-4-3-5-7-14/h3-7,12H,2,8-11,13H2,1H3/p+1/b15-12-. The molecule has 1 heterocycles. The van der Waals surface area contributed by atoms with Crippen LogP contribution >= 0.6 is 11.6 Å². The Balaban J connectivity index is 1.81. The number of rotatable bonds is 4. The summed E-state index contributed by atoms with van der Waals surface area (Å²) in [6.07, 6.45) is 1.80. The zero-order valence-corrected chi connectivity index (χ0v) is 13.1. The van der Waals surface area contributed by atoms with Crippen molar-refractivity contribution in [1.82, 2.24) is 4.90 Å². The van der Waals surface area contributed by atoms with Gasteiger partial charge in [-0.05, 0) is 18.6 Å². The van der Waals surface area contributed by atoms with E-state index in [1.54, 1.807) is 4.90 Å². The molecule has 1 aromatic carbocycles. The quantitative estimate of drug-likeness (QED) is 0.917. The summed E-state index contributed by atoms with van der Waals surface area (Å²) in [7, 11) is 0. The molecule has 0 aliphatic carbocycles. The SMILES string of the molecule is CCOC(=O)N1CC[NH+](C/C(Cl)=C/c2ccccc2)CC1. The first-order valence-corrected chi connectivity index (χ1v) is 7.73. The van der Waals surface area contributed by atoms with Crippen molar-refractivity contribution in [3.8, 4) is 0 Å². The summed E-state index contributed by atoms with van der Waals surface area (Å²) >= 11 is 6.33. The molecule has 0 unspecified atom stereocenters. The highest BCUT2D eigenvalue weighted by molar-refractivity contribution is 6.31. The molecule has 0 radical (unpaired) electrons. The Hall–Kier alpha value is -1.52. The van der Waals surface area contributed by atoms with Crippen LogP contribution in [0.1, 0.15) is 12.5 Å². The number of nitrogens with zero attached hydrogens (tertiary/aromatic N) is 1. The van der Waals surface area contributed by atoms with Crippen molar-refractivity contribution in [1.29, 1.82) is 0 Å². The Morgan fingerprint density at radius 1 is 1.33 bits per heavy atom. The van der Waals surface area contributed by atoms with E-state index in [1.165, 1.54) is 4.90 Å². The Morgan fingerprint density at radius 2 is 2.00 bits per heavy atom. The summed E-state index contributed by atoms with van der Waals surface area (Å²) in [5.41, 5.74) is 1.12. The van der Waals surface area contributed by atoms with Crippen LogP contribution in [0.2, 0.25) is 0 Å². The number of carbonyl (C=O) groups is 1. The van der Waals surface area contributed by atoms with Gasteiger partial charge in [0.2, 0.25) is 0 Å². The monoisotopic (exact) mass is 309 g/mol. The summed E-state index contributed by atoms with van der Waals surface area (Å²) < 4.78 is 5.02. The van der Waals surface area contributed by atoms with E-state index in [-0.39, 0.29) is 6.09 Å². The molecule has 1 aliphatic heterocycles. The molecule has 114 valence electrons. The maximum Gasteiger partial charge on any atom is 0.410 e. The summed E-state index contributed by atoms with van der Waals surface area (Å²) in [5, 5.41) is 0.848. The van der Waals surface area contributed by atoms with Gasteiger partial charge in [0.25, 0.3) is 0 Å². The lowest BCUT2D eigenvalue weighted by atomic mass is 10.2. The molecule has 1 N–H and O–H groups in total. The molecular weight excluding hydrogens is 288 g/mol. The van der Waals surface area contributed by atoms with Gasteiger partial charge in [-0.1, -0.05) is 41.9 Å². The van der Waals surface area contributed by atoms with Crippen molar-refractivity contribution in [2.45, 2.75) is 6.92 Å². The highest BCUT2D eigenvalue weighted by Crippen LogP contribution is 2.08. The first-order chi connectivity index (χ1) is 10.2. The molecular formula is C16H22ClN2O2+. The third-order valence-corrected chi connectivity index (χ3v) is 3.78. The summed E-state index contributed by atoms with van der Waals surface area (Å²) in [5.74, 6) is 0. The second-order valence-corrected chi connectivity index (χ2v) is 5.60. The Bertz CT molecular complexity index is 482. The normalized spacial score (nSPS) is 16.9. The van der Waals surface area contributed by atoms with Gasteiger partial charge in [0.05, 0.1) is 37.8 Å². The topological polar surface area (TPSA) is 34.0 Å². The third kappa shape index (κ3) is 5.06. The molecule has 0 aromatic heterocycles. The van der Waals surface area contributed by atoms with E-state index in [0.29, 0.717) is 6.61 Å². The number of amides is 1. The minimum absolute atomic E-state index is 0.206. The van der Waals surface area contributed by atoms with Gasteiger partial charge in [0, 0.05) is 0 Å². The fourth-order valence-electron chi connectivity index (χ4n) is 2.42. The predicted molar refractivity (Wildman–Crippen MR) is 84.4 cm³/mol. The number of ether oxygens (including phenoxy) is 1. The number of nitrogens with one attached hydrogen (secondary N) is 1. The zero-order valence-electron chi connectivity index (χ0n) is 12.3. The van der Waals surface area contributed by atoms with Crippen molar-refractivity contribution in [3.05, 3.63) is 40.9 Å². The third-order valence-electron chi connectivity index (χ3n) is 3.54. The van der Waals surface area contributed by atoms with Crippen molar-refractivity contribution in [2.75, 3.05) is 39.3 Å². The molecule has 1 fully saturated rings. The van der Waals surface area contributed by atoms with Crippen LogP contribution in [0.4, 0.5) is 4.79 Å². The Morgan fingerprint density at radius 3 is 2.62 bits per heavy atom. The number of quaternary nitrogens is 1. The maximum atomic E-state index is 11.6. The molecule has 0 spiro atoms. The molecule has 0 atom stereocenters. The molecule has 1 aliphatic rings. The Kier molecular flexibility index (Phi) is 6.08. The van der Waals surface area contributed by atoms with Crippen molar-refractivity contribution in [2.24, 2.45) is 0 Å². The van der Waals surface area contributed by atoms with Crippen LogP contribution in [0.25, 0.3) is 6.08 Å². The van der Waals surface area contributed by atoms with Gasteiger partial charge in [-0.25, -0.2) is 4.79 Å². The maximum absolute atomic E-state index is 11.6. The van der Waals surface area contributed by atoms with E-state index in [2.05, 4.69) is 0 Å². The van der Waals surface area contributed by atoms with Crippen LogP contribution in [0.3, 0.4) is 0 Å². The lowest BCUT2D eigenvalue weighted by Gasteiger charge is -2.31. The van der Waals surface area contributed by atoms with Gasteiger partial charge in [-0.3, -0.25) is 4.90 Å². The smallest absolute Gasteiger partial charge is 0.410 e. The van der Waals surface area contributed by atoms with Gasteiger partial charge in [0.1, 0.15) is 6.54 Å². The van der Waals surface area contributed by atoms with E-state index < -0.39 is 0 Å². The Labute approximate surface area is 130 Å². The molecule has 0 bridgehead atoms. The fraction of sp³-hybridized carbons (Fsp3) is 0.438. The van der Waals surface area contributed by atoms with Gasteiger partial charge in [-0.2, -0.15) is 0 Å². The molecule has 2 rings (SSSR count). The first kappa shape index (κ1) is 15.9. The van der Waals surface area contributed by atoms with E-state index in [1.807, 2.05) is 43.3 Å². The highest BCUT2D eigenvalue weighted by Gasteiger charge is 2.24. The molecule has 4 nitrogen and oxygen atoms in total. The molecule has 21 heavy (non-hydrogen) atoms. The number of carbonyl (C=O) groups excluding carboxylic acids is 1. The van der Waals surface area contributed by atoms with E-state index >= 15 is 0 Å². The molecule has 1 saturated heterocycles. The summed E-state index contributed by atoms with van der Waals surface area (Å²) in [6.45, 7) is 6.31. The largest absolute Gasteiger partial charge is 0.450 e. The molecule has 1 amide bonds. The average molecular weight is 310 g/mol. The van der Waals surface area contributed by atoms with Crippen LogP contribution in [0.15, 0.2) is 35.4 Å². The average Bonchev–Trinajstić information content (AvgIpc) is 2.49. The molecule has 1 aromatic rings. The number of halogens is 1. The predicted octanol–water partition coefficient (Wildman–Crippen LogP) is 1.62. The van der Waals surface area contributed by atoms with Crippen molar-refractivity contribution in [3.63, 3.8) is 0 Å². The lowest BCUT2D eigenvalue weighted by Crippen LogP contribution is -3.14. The number of hydrogen-bond acceptors (Lipinski definition) is 2. The lowest BCUT2D eigenvalue weighted by molar-refractivity contribution is -0.898. The first-order valence-electron chi connectivity index (χ1n) is 7.35. The summed E-state index contributed by atoms with van der Waals surface area (Å²) in [6, 6.07) is 10.1. The van der Waals surface area contributed by atoms with Crippen LogP contribution in [0, 0.1) is 0 Å². The summed E-state index contributed by atoms with van der Waals surface area (Å²) in [4.78, 5) is 14.8. The molecule has 0 saturated carbocycles. The number of piperazine rings is 1. The van der Waals surface area contributed by atoms with Crippen LogP contribution < -0.4 is 4.90 Å². The highest BCUT2D eigenvalue weighted by atomic mass is 35.5. The van der Waals surface area contributed by atoms with E-state index in [4.69, 9.17) is 16.3 Å². The van der Waals surface area contributed by atoms with Gasteiger partial charge in [0.15, 0.2) is 0 Å². The minimum atomic E-state index is -0.206.